The van der Waals surface area contributed by atoms with E-state index in [2.05, 4.69) is 24.2 Å². The first-order valence-electron chi connectivity index (χ1n) is 5.48. The van der Waals surface area contributed by atoms with Crippen LogP contribution in [0.4, 0.5) is 0 Å². The minimum Gasteiger partial charge on any atom is -0.394 e. The topological polar surface area (TPSA) is 44.7 Å². The average Bonchev–Trinajstić information content (AvgIpc) is 2.25. The molecule has 0 aliphatic rings. The van der Waals surface area contributed by atoms with Crippen LogP contribution < -0.4 is 5.32 Å². The second kappa shape index (κ2) is 7.17. The van der Waals surface area contributed by atoms with Crippen molar-refractivity contribution in [2.75, 3.05) is 41.0 Å². The van der Waals surface area contributed by atoms with Crippen LogP contribution in [0.3, 0.4) is 0 Å². The molecular formula is C11H26N2O2. The van der Waals surface area contributed by atoms with Gasteiger partial charge in [0.1, 0.15) is 0 Å². The number of methoxy groups -OCH3 is 1. The number of nitrogens with zero attached hydrogens (tertiary/aromatic N) is 1. The zero-order valence-electron chi connectivity index (χ0n) is 10.7. The Kier molecular flexibility index (Phi) is 7.09. The molecule has 15 heavy (non-hydrogen) atoms. The minimum atomic E-state index is -0.194. The summed E-state index contributed by atoms with van der Waals surface area (Å²) >= 11 is 0. The van der Waals surface area contributed by atoms with Crippen molar-refractivity contribution in [3.05, 3.63) is 0 Å². The first kappa shape index (κ1) is 14.8. The van der Waals surface area contributed by atoms with Gasteiger partial charge in [0.2, 0.25) is 0 Å². The van der Waals surface area contributed by atoms with Crippen LogP contribution in [-0.2, 0) is 4.74 Å². The summed E-state index contributed by atoms with van der Waals surface area (Å²) in [6, 6.07) is 0.421. The summed E-state index contributed by atoms with van der Waals surface area (Å²) in [5.74, 6) is 0. The van der Waals surface area contributed by atoms with Crippen molar-refractivity contribution in [1.82, 2.24) is 10.2 Å². The van der Waals surface area contributed by atoms with Crippen molar-refractivity contribution >= 4 is 0 Å². The van der Waals surface area contributed by atoms with Crippen molar-refractivity contribution in [3.63, 3.8) is 0 Å². The number of hydrogen-bond acceptors (Lipinski definition) is 4. The molecule has 0 saturated carbocycles. The molecule has 0 heterocycles. The van der Waals surface area contributed by atoms with Crippen LogP contribution in [0.15, 0.2) is 0 Å². The monoisotopic (exact) mass is 218 g/mol. The van der Waals surface area contributed by atoms with Crippen molar-refractivity contribution < 1.29 is 9.84 Å². The molecule has 0 spiro atoms. The van der Waals surface area contributed by atoms with Crippen LogP contribution in [0.2, 0.25) is 0 Å². The Morgan fingerprint density at radius 1 is 1.53 bits per heavy atom. The molecule has 2 atom stereocenters. The summed E-state index contributed by atoms with van der Waals surface area (Å²) in [5, 5.41) is 12.4. The average molecular weight is 218 g/mol. The predicted molar refractivity (Wildman–Crippen MR) is 63.1 cm³/mol. The van der Waals surface area contributed by atoms with E-state index >= 15 is 0 Å². The highest BCUT2D eigenvalue weighted by molar-refractivity contribution is 4.85. The van der Waals surface area contributed by atoms with Gasteiger partial charge in [-0.05, 0) is 34.4 Å². The summed E-state index contributed by atoms with van der Waals surface area (Å²) in [4.78, 5) is 2.24. The summed E-state index contributed by atoms with van der Waals surface area (Å²) < 4.78 is 5.04. The lowest BCUT2D eigenvalue weighted by Crippen LogP contribution is -2.48. The van der Waals surface area contributed by atoms with Gasteiger partial charge in [0.05, 0.1) is 13.2 Å². The lowest BCUT2D eigenvalue weighted by molar-refractivity contribution is 0.108. The maximum absolute atomic E-state index is 9.29. The number of aliphatic hydroxyl groups excluding tert-OH is 1. The Morgan fingerprint density at radius 3 is 2.53 bits per heavy atom. The smallest absolute Gasteiger partial charge is 0.0611 e. The highest BCUT2D eigenvalue weighted by Crippen LogP contribution is 2.14. The molecule has 0 aromatic heterocycles. The Hall–Kier alpha value is -0.160. The molecular weight excluding hydrogens is 192 g/mol. The molecule has 4 nitrogen and oxygen atoms in total. The van der Waals surface area contributed by atoms with Crippen LogP contribution in [0.25, 0.3) is 0 Å². The molecule has 0 bridgehead atoms. The quantitative estimate of drug-likeness (QED) is 0.615. The van der Waals surface area contributed by atoms with Crippen molar-refractivity contribution in [1.29, 1.82) is 0 Å². The zero-order chi connectivity index (χ0) is 11.9. The second-order valence-electron chi connectivity index (χ2n) is 4.50. The largest absolute Gasteiger partial charge is 0.394 e. The Balaban J connectivity index is 4.03. The number of hydrogen-bond donors (Lipinski definition) is 2. The Labute approximate surface area is 93.6 Å². The summed E-state index contributed by atoms with van der Waals surface area (Å²) in [5.41, 5.74) is -0.194. The number of rotatable bonds is 8. The van der Waals surface area contributed by atoms with E-state index in [1.165, 1.54) is 0 Å². The van der Waals surface area contributed by atoms with E-state index < -0.39 is 0 Å². The van der Waals surface area contributed by atoms with Gasteiger partial charge in [-0.1, -0.05) is 0 Å². The molecule has 0 fully saturated rings. The molecule has 0 amide bonds. The van der Waals surface area contributed by atoms with E-state index in [0.29, 0.717) is 6.04 Å². The van der Waals surface area contributed by atoms with E-state index in [-0.39, 0.29) is 12.1 Å². The molecule has 92 valence electrons. The number of ether oxygens (including phenoxy) is 1. The number of aliphatic hydroxyl groups is 1. The molecule has 0 aliphatic carbocycles. The zero-order valence-corrected chi connectivity index (χ0v) is 10.7. The molecule has 2 N–H and O–H groups in total. The summed E-state index contributed by atoms with van der Waals surface area (Å²) in [6.07, 6.45) is 0.917. The molecule has 0 saturated heterocycles. The van der Waals surface area contributed by atoms with E-state index in [4.69, 9.17) is 4.74 Å². The van der Waals surface area contributed by atoms with Crippen LogP contribution >= 0.6 is 0 Å². The molecule has 0 rings (SSSR count). The fraction of sp³-hybridized carbons (Fsp3) is 1.00. The van der Waals surface area contributed by atoms with Gasteiger partial charge in [-0.25, -0.2) is 0 Å². The fourth-order valence-electron chi connectivity index (χ4n) is 1.51. The molecule has 0 radical (unpaired) electrons. The third-order valence-electron chi connectivity index (χ3n) is 3.10. The molecule has 0 aliphatic heterocycles. The molecule has 0 aromatic rings. The highest BCUT2D eigenvalue weighted by Gasteiger charge is 2.25. The Morgan fingerprint density at radius 2 is 2.13 bits per heavy atom. The van der Waals surface area contributed by atoms with E-state index in [1.807, 2.05) is 14.0 Å². The lowest BCUT2D eigenvalue weighted by Gasteiger charge is -2.34. The summed E-state index contributed by atoms with van der Waals surface area (Å²) in [6.45, 7) is 6.03. The first-order chi connectivity index (χ1) is 6.99. The number of likely N-dealkylation sites (N-methyl/N-ethyl adjacent to an activating group) is 2. The highest BCUT2D eigenvalue weighted by atomic mass is 16.5. The normalized spacial score (nSPS) is 17.8. The van der Waals surface area contributed by atoms with E-state index in [0.717, 1.165) is 19.6 Å². The predicted octanol–water partition coefficient (Wildman–Crippen LogP) is 0.314. The minimum absolute atomic E-state index is 0.159. The molecule has 0 aromatic carbocycles. The van der Waals surface area contributed by atoms with Gasteiger partial charge in [0.25, 0.3) is 0 Å². The maximum Gasteiger partial charge on any atom is 0.0611 e. The lowest BCUT2D eigenvalue weighted by atomic mass is 9.94. The third-order valence-corrected chi connectivity index (χ3v) is 3.10. The fourth-order valence-corrected chi connectivity index (χ4v) is 1.51. The first-order valence-corrected chi connectivity index (χ1v) is 5.48. The maximum atomic E-state index is 9.29. The van der Waals surface area contributed by atoms with Crippen molar-refractivity contribution in [2.45, 2.75) is 31.8 Å². The van der Waals surface area contributed by atoms with E-state index in [9.17, 15) is 5.11 Å². The summed E-state index contributed by atoms with van der Waals surface area (Å²) in [7, 11) is 5.68. The SMILES string of the molecule is CNC(C)(CO)CC(C)N(C)CCOC. The van der Waals surface area contributed by atoms with Gasteiger partial charge in [-0.2, -0.15) is 0 Å². The van der Waals surface area contributed by atoms with Crippen LogP contribution in [0.5, 0.6) is 0 Å². The van der Waals surface area contributed by atoms with Gasteiger partial charge in [-0.3, -0.25) is 0 Å². The number of nitrogens with one attached hydrogen (secondary N) is 1. The van der Waals surface area contributed by atoms with Gasteiger partial charge in [-0.15, -0.1) is 0 Å². The van der Waals surface area contributed by atoms with Gasteiger partial charge < -0.3 is 20.1 Å². The van der Waals surface area contributed by atoms with Gasteiger partial charge in [0, 0.05) is 25.2 Å². The second-order valence-corrected chi connectivity index (χ2v) is 4.50. The van der Waals surface area contributed by atoms with Crippen LogP contribution in [0, 0.1) is 0 Å². The van der Waals surface area contributed by atoms with Gasteiger partial charge >= 0.3 is 0 Å². The van der Waals surface area contributed by atoms with Crippen molar-refractivity contribution in [2.24, 2.45) is 0 Å². The van der Waals surface area contributed by atoms with Crippen LogP contribution in [0.1, 0.15) is 20.3 Å². The standard InChI is InChI=1S/C11H26N2O2/c1-10(13(4)6-7-15-5)8-11(2,9-14)12-3/h10,12,14H,6-9H2,1-5H3. The van der Waals surface area contributed by atoms with Crippen LogP contribution in [-0.4, -0.2) is 62.6 Å². The van der Waals surface area contributed by atoms with Gasteiger partial charge in [0.15, 0.2) is 0 Å². The van der Waals surface area contributed by atoms with E-state index in [1.54, 1.807) is 7.11 Å². The molecule has 2 unspecified atom stereocenters. The third kappa shape index (κ3) is 5.47. The Bertz CT molecular complexity index is 161. The van der Waals surface area contributed by atoms with Crippen molar-refractivity contribution in [3.8, 4) is 0 Å². The molecule has 4 heteroatoms.